The highest BCUT2D eigenvalue weighted by Crippen LogP contribution is 2.30. The van der Waals surface area contributed by atoms with Gasteiger partial charge in [-0.1, -0.05) is 6.92 Å². The highest BCUT2D eigenvalue weighted by Gasteiger charge is 2.35. The molecule has 0 bridgehead atoms. The molecule has 0 aliphatic carbocycles. The SMILES string of the molecule is CN1CCCC(NCC2(C)CCCN(C(=O)OC(C)(C)C)C2)C1. The molecule has 0 spiro atoms. The molecule has 2 heterocycles. The molecule has 23 heavy (non-hydrogen) atoms. The quantitative estimate of drug-likeness (QED) is 0.866. The molecule has 0 aromatic carbocycles. The number of nitrogens with one attached hydrogen (secondary N) is 1. The molecule has 0 saturated carbocycles. The molecule has 0 radical (unpaired) electrons. The molecule has 134 valence electrons. The molecule has 5 nitrogen and oxygen atoms in total. The molecule has 2 atom stereocenters. The molecule has 2 rings (SSSR count). The summed E-state index contributed by atoms with van der Waals surface area (Å²) in [4.78, 5) is 16.6. The Labute approximate surface area is 141 Å². The summed E-state index contributed by atoms with van der Waals surface area (Å²) in [5.41, 5.74) is -0.277. The van der Waals surface area contributed by atoms with Gasteiger partial charge in [0.2, 0.25) is 0 Å². The third-order valence-electron chi connectivity index (χ3n) is 4.87. The summed E-state index contributed by atoms with van der Waals surface area (Å²) < 4.78 is 5.54. The topological polar surface area (TPSA) is 44.8 Å². The fourth-order valence-electron chi connectivity index (χ4n) is 3.67. The van der Waals surface area contributed by atoms with E-state index in [1.807, 2.05) is 25.7 Å². The molecule has 2 aliphatic rings. The lowest BCUT2D eigenvalue weighted by Crippen LogP contribution is -2.53. The molecule has 2 unspecified atom stereocenters. The second-order valence-corrected chi connectivity index (χ2v) is 8.80. The van der Waals surface area contributed by atoms with Gasteiger partial charge in [0.1, 0.15) is 5.60 Å². The summed E-state index contributed by atoms with van der Waals surface area (Å²) in [6.07, 6.45) is 4.59. The van der Waals surface area contributed by atoms with Crippen molar-refractivity contribution in [2.45, 2.75) is 65.0 Å². The summed E-state index contributed by atoms with van der Waals surface area (Å²) in [5.74, 6) is 0. The number of carbonyl (C=O) groups excluding carboxylic acids is 1. The van der Waals surface area contributed by atoms with Crippen molar-refractivity contribution in [2.75, 3.05) is 39.8 Å². The van der Waals surface area contributed by atoms with Gasteiger partial charge in [0.05, 0.1) is 0 Å². The number of likely N-dealkylation sites (tertiary alicyclic amines) is 2. The normalized spacial score (nSPS) is 30.3. The Hall–Kier alpha value is -0.810. The number of amides is 1. The van der Waals surface area contributed by atoms with Gasteiger partial charge < -0.3 is 19.9 Å². The molecule has 1 amide bonds. The molecule has 2 fully saturated rings. The lowest BCUT2D eigenvalue weighted by molar-refractivity contribution is 0.00617. The van der Waals surface area contributed by atoms with Crippen LogP contribution in [0.2, 0.25) is 0 Å². The predicted molar refractivity (Wildman–Crippen MR) is 93.7 cm³/mol. The van der Waals surface area contributed by atoms with E-state index in [9.17, 15) is 4.79 Å². The molecular formula is C18H35N3O2. The number of nitrogens with zero attached hydrogens (tertiary/aromatic N) is 2. The van der Waals surface area contributed by atoms with Gasteiger partial charge in [0.15, 0.2) is 0 Å². The summed E-state index contributed by atoms with van der Waals surface area (Å²) in [6, 6.07) is 0.586. The average Bonchev–Trinajstić information content (AvgIpc) is 2.44. The van der Waals surface area contributed by atoms with Crippen LogP contribution in [0.5, 0.6) is 0 Å². The lowest BCUT2D eigenvalue weighted by atomic mass is 9.81. The van der Waals surface area contributed by atoms with Gasteiger partial charge in [0.25, 0.3) is 0 Å². The van der Waals surface area contributed by atoms with Crippen LogP contribution >= 0.6 is 0 Å². The van der Waals surface area contributed by atoms with Crippen LogP contribution in [0.4, 0.5) is 4.79 Å². The number of carbonyl (C=O) groups is 1. The van der Waals surface area contributed by atoms with Gasteiger partial charge in [0, 0.05) is 32.2 Å². The van der Waals surface area contributed by atoms with Crippen molar-refractivity contribution in [1.82, 2.24) is 15.1 Å². The maximum atomic E-state index is 12.3. The molecule has 0 aromatic rings. The van der Waals surface area contributed by atoms with E-state index in [1.165, 1.54) is 25.8 Å². The van der Waals surface area contributed by atoms with E-state index < -0.39 is 5.60 Å². The molecule has 0 aromatic heterocycles. The zero-order valence-electron chi connectivity index (χ0n) is 15.7. The van der Waals surface area contributed by atoms with Gasteiger partial charge in [-0.15, -0.1) is 0 Å². The van der Waals surface area contributed by atoms with Crippen molar-refractivity contribution in [3.63, 3.8) is 0 Å². The van der Waals surface area contributed by atoms with Crippen LogP contribution < -0.4 is 5.32 Å². The van der Waals surface area contributed by atoms with Crippen molar-refractivity contribution < 1.29 is 9.53 Å². The zero-order chi connectivity index (χ0) is 17.1. The van der Waals surface area contributed by atoms with Crippen molar-refractivity contribution >= 4 is 6.09 Å². The lowest BCUT2D eigenvalue weighted by Gasteiger charge is -2.42. The minimum absolute atomic E-state index is 0.144. The van der Waals surface area contributed by atoms with Crippen LogP contribution in [0.3, 0.4) is 0 Å². The molecule has 2 aliphatic heterocycles. The Balaban J connectivity index is 1.84. The van der Waals surface area contributed by atoms with E-state index >= 15 is 0 Å². The van der Waals surface area contributed by atoms with Crippen LogP contribution in [-0.2, 0) is 4.74 Å². The Morgan fingerprint density at radius 1 is 1.30 bits per heavy atom. The fourth-order valence-corrected chi connectivity index (χ4v) is 3.67. The highest BCUT2D eigenvalue weighted by molar-refractivity contribution is 5.68. The second kappa shape index (κ2) is 7.39. The highest BCUT2D eigenvalue weighted by atomic mass is 16.6. The first-order valence-corrected chi connectivity index (χ1v) is 9.07. The van der Waals surface area contributed by atoms with Crippen LogP contribution in [0.25, 0.3) is 0 Å². The van der Waals surface area contributed by atoms with Crippen LogP contribution in [0.1, 0.15) is 53.4 Å². The van der Waals surface area contributed by atoms with E-state index in [4.69, 9.17) is 4.74 Å². The number of hydrogen-bond acceptors (Lipinski definition) is 4. The van der Waals surface area contributed by atoms with Crippen LogP contribution in [0, 0.1) is 5.41 Å². The zero-order valence-corrected chi connectivity index (χ0v) is 15.7. The van der Waals surface area contributed by atoms with E-state index in [0.29, 0.717) is 6.04 Å². The summed E-state index contributed by atoms with van der Waals surface area (Å²) in [7, 11) is 2.19. The predicted octanol–water partition coefficient (Wildman–Crippen LogP) is 2.71. The average molecular weight is 325 g/mol. The molecule has 2 saturated heterocycles. The van der Waals surface area contributed by atoms with Crippen molar-refractivity contribution in [1.29, 1.82) is 0 Å². The Morgan fingerprint density at radius 2 is 2.04 bits per heavy atom. The maximum Gasteiger partial charge on any atom is 0.410 e. The molecule has 5 heteroatoms. The van der Waals surface area contributed by atoms with Gasteiger partial charge in [-0.3, -0.25) is 0 Å². The summed E-state index contributed by atoms with van der Waals surface area (Å²) in [5, 5.41) is 3.75. The monoisotopic (exact) mass is 325 g/mol. The first-order valence-electron chi connectivity index (χ1n) is 9.07. The number of rotatable bonds is 3. The number of hydrogen-bond donors (Lipinski definition) is 1. The second-order valence-electron chi connectivity index (χ2n) is 8.80. The van der Waals surface area contributed by atoms with Crippen LogP contribution in [0.15, 0.2) is 0 Å². The van der Waals surface area contributed by atoms with Crippen molar-refractivity contribution in [2.24, 2.45) is 5.41 Å². The minimum Gasteiger partial charge on any atom is -0.444 e. The van der Waals surface area contributed by atoms with E-state index in [1.54, 1.807) is 0 Å². The third kappa shape index (κ3) is 5.96. The standard InChI is InChI=1S/C18H35N3O2/c1-17(2,3)23-16(22)21-11-7-9-18(4,14-21)13-19-15-8-6-10-20(5)12-15/h15,19H,6-14H2,1-5H3. The number of likely N-dealkylation sites (N-methyl/N-ethyl adjacent to an activating group) is 1. The maximum absolute atomic E-state index is 12.3. The summed E-state index contributed by atoms with van der Waals surface area (Å²) >= 11 is 0. The minimum atomic E-state index is -0.421. The smallest absolute Gasteiger partial charge is 0.410 e. The van der Waals surface area contributed by atoms with Crippen molar-refractivity contribution in [3.8, 4) is 0 Å². The fraction of sp³-hybridized carbons (Fsp3) is 0.944. The molecule has 1 N–H and O–H groups in total. The van der Waals surface area contributed by atoms with Gasteiger partial charge in [-0.2, -0.15) is 0 Å². The largest absolute Gasteiger partial charge is 0.444 e. The van der Waals surface area contributed by atoms with Gasteiger partial charge >= 0.3 is 6.09 Å². The van der Waals surface area contributed by atoms with Gasteiger partial charge in [-0.05, 0) is 65.5 Å². The van der Waals surface area contributed by atoms with Crippen LogP contribution in [-0.4, -0.2) is 67.3 Å². The number of piperidine rings is 2. The third-order valence-corrected chi connectivity index (χ3v) is 4.87. The Kier molecular flexibility index (Phi) is 5.95. The Morgan fingerprint density at radius 3 is 2.70 bits per heavy atom. The first kappa shape index (κ1) is 18.5. The first-order chi connectivity index (χ1) is 10.7. The van der Waals surface area contributed by atoms with Gasteiger partial charge in [-0.25, -0.2) is 4.79 Å². The van der Waals surface area contributed by atoms with E-state index in [-0.39, 0.29) is 11.5 Å². The Bertz CT molecular complexity index is 408. The van der Waals surface area contributed by atoms with E-state index in [0.717, 1.165) is 32.6 Å². The summed E-state index contributed by atoms with van der Waals surface area (Å²) in [6.45, 7) is 13.0. The number of ether oxygens (including phenoxy) is 1. The van der Waals surface area contributed by atoms with Crippen molar-refractivity contribution in [3.05, 3.63) is 0 Å². The molecular weight excluding hydrogens is 290 g/mol. The van der Waals surface area contributed by atoms with E-state index in [2.05, 4.69) is 24.2 Å².